The minimum absolute atomic E-state index is 0.0641. The number of ether oxygens (including phenoxy) is 1. The molecule has 2 N–H and O–H groups in total. The normalized spacial score (nSPS) is 15.3. The average molecular weight is 458 g/mol. The molecule has 1 amide bonds. The van der Waals surface area contributed by atoms with Crippen molar-refractivity contribution in [3.63, 3.8) is 0 Å². The Morgan fingerprint density at radius 3 is 2.59 bits per heavy atom. The van der Waals surface area contributed by atoms with Gasteiger partial charge in [0, 0.05) is 12.8 Å². The molecule has 3 aromatic rings. The first-order valence-corrected chi connectivity index (χ1v) is 11.9. The third kappa shape index (κ3) is 3.81. The lowest BCUT2D eigenvalue weighted by Gasteiger charge is -2.25. The number of hydroxylamine groups is 1. The highest BCUT2D eigenvalue weighted by molar-refractivity contribution is 7.92. The predicted molar refractivity (Wildman–Crippen MR) is 118 cm³/mol. The summed E-state index contributed by atoms with van der Waals surface area (Å²) in [5, 5.41) is 9.33. The molecule has 1 aromatic heterocycles. The molecule has 1 aliphatic heterocycles. The van der Waals surface area contributed by atoms with Crippen molar-refractivity contribution in [3.8, 4) is 11.1 Å². The van der Waals surface area contributed by atoms with Crippen molar-refractivity contribution in [2.45, 2.75) is 37.9 Å². The molecule has 0 aliphatic carbocycles. The summed E-state index contributed by atoms with van der Waals surface area (Å²) < 4.78 is 29.1. The molecule has 168 valence electrons. The van der Waals surface area contributed by atoms with Crippen molar-refractivity contribution >= 4 is 26.6 Å². The topological polar surface area (TPSA) is 128 Å². The largest absolute Gasteiger partial charge is 0.372 e. The minimum Gasteiger partial charge on any atom is -0.372 e. The molecule has 4 rings (SSSR count). The third-order valence-corrected chi connectivity index (χ3v) is 8.14. The number of aromatic nitrogens is 2. The van der Waals surface area contributed by atoms with Gasteiger partial charge in [-0.3, -0.25) is 19.4 Å². The standard InChI is InChI=1S/C22H23N3O6S/c1-22(21(27)24-28,32(2,29)30)7-8-25-13-23-19-10-15(5-6-18(19)20(25)26)14-3-4-16-11-31-12-17(16)9-14/h3-6,9-10,13,28H,7-8,11-12H2,1-2H3,(H,24,27). The average Bonchev–Trinajstić information content (AvgIpc) is 3.24. The van der Waals surface area contributed by atoms with Gasteiger partial charge in [0.1, 0.15) is 0 Å². The lowest BCUT2D eigenvalue weighted by atomic mass is 9.99. The number of amides is 1. The number of hydrogen-bond donors (Lipinski definition) is 2. The Morgan fingerprint density at radius 2 is 1.88 bits per heavy atom. The van der Waals surface area contributed by atoms with Gasteiger partial charge in [0.05, 0.1) is 30.4 Å². The third-order valence-electron chi connectivity index (χ3n) is 6.11. The van der Waals surface area contributed by atoms with Crippen LogP contribution in [-0.4, -0.2) is 40.1 Å². The fourth-order valence-corrected chi connectivity index (χ4v) is 4.61. The van der Waals surface area contributed by atoms with Gasteiger partial charge in [-0.2, -0.15) is 0 Å². The number of hydrogen-bond acceptors (Lipinski definition) is 7. The number of fused-ring (bicyclic) bond motifs is 2. The van der Waals surface area contributed by atoms with E-state index in [0.717, 1.165) is 22.9 Å². The molecule has 2 heterocycles. The molecule has 0 radical (unpaired) electrons. The number of carbonyl (C=O) groups excluding carboxylic acids is 1. The molecule has 2 aromatic carbocycles. The van der Waals surface area contributed by atoms with Crippen molar-refractivity contribution in [2.24, 2.45) is 0 Å². The second kappa shape index (κ2) is 8.12. The number of rotatable bonds is 6. The summed E-state index contributed by atoms with van der Waals surface area (Å²) in [4.78, 5) is 29.3. The summed E-state index contributed by atoms with van der Waals surface area (Å²) in [6, 6.07) is 11.5. The molecule has 0 bridgehead atoms. The molecule has 32 heavy (non-hydrogen) atoms. The zero-order valence-corrected chi connectivity index (χ0v) is 18.5. The minimum atomic E-state index is -3.86. The number of carbonyl (C=O) groups is 1. The highest BCUT2D eigenvalue weighted by atomic mass is 32.2. The summed E-state index contributed by atoms with van der Waals surface area (Å²) in [7, 11) is -3.86. The Kier molecular flexibility index (Phi) is 5.61. The van der Waals surface area contributed by atoms with E-state index in [1.54, 1.807) is 6.07 Å². The van der Waals surface area contributed by atoms with Crippen molar-refractivity contribution in [2.75, 3.05) is 6.26 Å². The Bertz CT molecular complexity index is 1380. The second-order valence-electron chi connectivity index (χ2n) is 8.15. The van der Waals surface area contributed by atoms with Gasteiger partial charge >= 0.3 is 0 Å². The first-order chi connectivity index (χ1) is 15.1. The summed E-state index contributed by atoms with van der Waals surface area (Å²) in [5.41, 5.74) is 5.81. The van der Waals surface area contributed by atoms with E-state index in [-0.39, 0.29) is 18.5 Å². The van der Waals surface area contributed by atoms with Gasteiger partial charge in [0.25, 0.3) is 11.5 Å². The van der Waals surface area contributed by atoms with Gasteiger partial charge in [0.15, 0.2) is 14.6 Å². The smallest absolute Gasteiger partial charge is 0.264 e. The number of nitrogens with zero attached hydrogens (tertiary/aromatic N) is 2. The quantitative estimate of drug-likeness (QED) is 0.427. The van der Waals surface area contributed by atoms with E-state index in [4.69, 9.17) is 9.94 Å². The number of nitrogens with one attached hydrogen (secondary N) is 1. The van der Waals surface area contributed by atoms with E-state index in [1.807, 2.05) is 24.3 Å². The monoisotopic (exact) mass is 457 g/mol. The lowest BCUT2D eigenvalue weighted by Crippen LogP contribution is -2.50. The van der Waals surface area contributed by atoms with Crippen molar-refractivity contribution in [1.29, 1.82) is 0 Å². The van der Waals surface area contributed by atoms with Crippen LogP contribution in [0.2, 0.25) is 0 Å². The maximum Gasteiger partial charge on any atom is 0.264 e. The van der Waals surface area contributed by atoms with Crippen molar-refractivity contribution in [3.05, 3.63) is 64.2 Å². The van der Waals surface area contributed by atoms with E-state index in [9.17, 15) is 18.0 Å². The van der Waals surface area contributed by atoms with Gasteiger partial charge in [-0.25, -0.2) is 18.9 Å². The van der Waals surface area contributed by atoms with E-state index < -0.39 is 20.5 Å². The first kappa shape index (κ1) is 22.1. The summed E-state index contributed by atoms with van der Waals surface area (Å²) >= 11 is 0. The zero-order chi connectivity index (χ0) is 23.1. The van der Waals surface area contributed by atoms with Gasteiger partial charge in [-0.05, 0) is 53.8 Å². The van der Waals surface area contributed by atoms with E-state index >= 15 is 0 Å². The van der Waals surface area contributed by atoms with E-state index in [1.165, 1.54) is 28.9 Å². The molecule has 0 saturated carbocycles. The highest BCUT2D eigenvalue weighted by Crippen LogP contribution is 2.28. The molecule has 1 unspecified atom stereocenters. The number of sulfone groups is 1. The van der Waals surface area contributed by atoms with Gasteiger partial charge in [0.2, 0.25) is 0 Å². The fourth-order valence-electron chi connectivity index (χ4n) is 3.77. The second-order valence-corrected chi connectivity index (χ2v) is 10.6. The molecule has 1 atom stereocenters. The fraction of sp³-hybridized carbons (Fsp3) is 0.318. The first-order valence-electron chi connectivity index (χ1n) is 9.97. The van der Waals surface area contributed by atoms with Crippen LogP contribution in [0.3, 0.4) is 0 Å². The van der Waals surface area contributed by atoms with Crippen LogP contribution < -0.4 is 11.0 Å². The highest BCUT2D eigenvalue weighted by Gasteiger charge is 2.43. The van der Waals surface area contributed by atoms with Crippen LogP contribution in [0.4, 0.5) is 0 Å². The van der Waals surface area contributed by atoms with Crippen LogP contribution >= 0.6 is 0 Å². The van der Waals surface area contributed by atoms with Crippen LogP contribution in [-0.2, 0) is 39.1 Å². The molecule has 0 spiro atoms. The van der Waals surface area contributed by atoms with Crippen LogP contribution in [0.5, 0.6) is 0 Å². The Morgan fingerprint density at radius 1 is 1.19 bits per heavy atom. The van der Waals surface area contributed by atoms with Crippen LogP contribution in [0.1, 0.15) is 24.5 Å². The molecule has 1 aliphatic rings. The summed E-state index contributed by atoms with van der Waals surface area (Å²) in [6.45, 7) is 2.35. The Balaban J connectivity index is 1.64. The number of benzene rings is 2. The predicted octanol–water partition coefficient (Wildman–Crippen LogP) is 1.79. The summed E-state index contributed by atoms with van der Waals surface area (Å²) in [6.07, 6.45) is 2.04. The molecule has 0 saturated heterocycles. The van der Waals surface area contributed by atoms with Crippen molar-refractivity contribution < 1.29 is 23.2 Å². The maximum atomic E-state index is 12.9. The zero-order valence-electron chi connectivity index (χ0n) is 17.7. The molecule has 9 nitrogen and oxygen atoms in total. The Hall–Kier alpha value is -3.08. The summed E-state index contributed by atoms with van der Waals surface area (Å²) in [5.74, 6) is -1.05. The van der Waals surface area contributed by atoms with Gasteiger partial charge < -0.3 is 4.74 Å². The van der Waals surface area contributed by atoms with E-state index in [0.29, 0.717) is 24.1 Å². The van der Waals surface area contributed by atoms with Crippen LogP contribution in [0, 0.1) is 0 Å². The number of aryl methyl sites for hydroxylation is 1. The van der Waals surface area contributed by atoms with Gasteiger partial charge in [-0.15, -0.1) is 0 Å². The van der Waals surface area contributed by atoms with Crippen LogP contribution in [0.25, 0.3) is 22.0 Å². The lowest BCUT2D eigenvalue weighted by molar-refractivity contribution is -0.131. The molecule has 10 heteroatoms. The van der Waals surface area contributed by atoms with Crippen molar-refractivity contribution in [1.82, 2.24) is 15.0 Å². The maximum absolute atomic E-state index is 12.9. The van der Waals surface area contributed by atoms with E-state index in [2.05, 4.69) is 11.1 Å². The van der Waals surface area contributed by atoms with Gasteiger partial charge in [-0.1, -0.05) is 18.2 Å². The molecule has 0 fully saturated rings. The Labute approximate surface area is 184 Å². The molecular weight excluding hydrogens is 434 g/mol. The SMILES string of the molecule is CC(CCn1cnc2cc(-c3ccc4c(c3)COC4)ccc2c1=O)(C(=O)NO)S(C)(=O)=O. The van der Waals surface area contributed by atoms with Crippen LogP contribution in [0.15, 0.2) is 47.5 Å². The molecular formula is C22H23N3O6S.